The Morgan fingerprint density at radius 1 is 1.11 bits per heavy atom. The summed E-state index contributed by atoms with van der Waals surface area (Å²) in [7, 11) is 0. The van der Waals surface area contributed by atoms with Crippen LogP contribution in [-0.2, 0) is 9.53 Å². The Labute approximate surface area is 176 Å². The number of benzene rings is 2. The lowest BCUT2D eigenvalue weighted by Crippen LogP contribution is -2.21. The number of halogens is 3. The van der Waals surface area contributed by atoms with Gasteiger partial charge in [0.2, 0.25) is 0 Å². The lowest BCUT2D eigenvalue weighted by Gasteiger charge is -2.07. The normalized spacial score (nSPS) is 10.7. The SMILES string of the molecule is O=C(COC(=O)c1sc2cc(Cl)ccc2c1Cl)Nc1ccc(Cl)cc1[N+](=O)[O-]. The maximum atomic E-state index is 12.3. The van der Waals surface area contributed by atoms with Gasteiger partial charge in [0.15, 0.2) is 6.61 Å². The third-order valence-corrected chi connectivity index (χ3v) is 5.65. The predicted molar refractivity (Wildman–Crippen MR) is 109 cm³/mol. The molecule has 3 rings (SSSR count). The van der Waals surface area contributed by atoms with Crippen LogP contribution in [0.25, 0.3) is 10.1 Å². The van der Waals surface area contributed by atoms with Crippen LogP contribution in [0.5, 0.6) is 0 Å². The Kier molecular flexibility index (Phi) is 6.04. The molecule has 0 aliphatic rings. The molecule has 0 fully saturated rings. The molecule has 0 saturated heterocycles. The molecule has 0 aliphatic heterocycles. The fraction of sp³-hybridized carbons (Fsp3) is 0.0588. The molecular weight excluding hydrogens is 451 g/mol. The van der Waals surface area contributed by atoms with Crippen molar-refractivity contribution in [3.63, 3.8) is 0 Å². The van der Waals surface area contributed by atoms with E-state index in [-0.39, 0.29) is 26.3 Å². The summed E-state index contributed by atoms with van der Waals surface area (Å²) < 4.78 is 5.67. The molecule has 0 saturated carbocycles. The number of amides is 1. The monoisotopic (exact) mass is 458 g/mol. The molecule has 1 heterocycles. The molecule has 1 N–H and O–H groups in total. The van der Waals surface area contributed by atoms with Gasteiger partial charge in [0.1, 0.15) is 10.6 Å². The number of carbonyl (C=O) groups excluding carboxylic acids is 2. The van der Waals surface area contributed by atoms with Crippen LogP contribution in [0, 0.1) is 10.1 Å². The zero-order valence-electron chi connectivity index (χ0n) is 13.7. The molecule has 0 radical (unpaired) electrons. The van der Waals surface area contributed by atoms with Gasteiger partial charge in [-0.3, -0.25) is 14.9 Å². The quantitative estimate of drug-likeness (QED) is 0.306. The number of esters is 1. The first kappa shape index (κ1) is 20.3. The van der Waals surface area contributed by atoms with E-state index < -0.39 is 23.4 Å². The van der Waals surface area contributed by atoms with Gasteiger partial charge in [-0.15, -0.1) is 11.3 Å². The van der Waals surface area contributed by atoms with Crippen molar-refractivity contribution in [1.82, 2.24) is 0 Å². The van der Waals surface area contributed by atoms with Gasteiger partial charge < -0.3 is 10.1 Å². The minimum atomic E-state index is -0.789. The van der Waals surface area contributed by atoms with Crippen molar-refractivity contribution in [2.24, 2.45) is 0 Å². The van der Waals surface area contributed by atoms with Gasteiger partial charge >= 0.3 is 5.97 Å². The molecule has 7 nitrogen and oxygen atoms in total. The first-order valence-electron chi connectivity index (χ1n) is 7.54. The van der Waals surface area contributed by atoms with E-state index >= 15 is 0 Å². The molecule has 3 aromatic rings. The van der Waals surface area contributed by atoms with Gasteiger partial charge in [-0.2, -0.15) is 0 Å². The molecule has 0 bridgehead atoms. The molecular formula is C17H9Cl3N2O5S. The number of ether oxygens (including phenoxy) is 1. The topological polar surface area (TPSA) is 98.5 Å². The molecule has 0 spiro atoms. The van der Waals surface area contributed by atoms with E-state index in [1.54, 1.807) is 18.2 Å². The van der Waals surface area contributed by atoms with Crippen LogP contribution < -0.4 is 5.32 Å². The number of hydrogen-bond acceptors (Lipinski definition) is 6. The number of carbonyl (C=O) groups is 2. The van der Waals surface area contributed by atoms with Gasteiger partial charge in [-0.05, 0) is 24.3 Å². The molecule has 2 aromatic carbocycles. The average molecular weight is 460 g/mol. The third kappa shape index (κ3) is 4.36. The Hall–Kier alpha value is -2.39. The number of nitrogens with zero attached hydrogens (tertiary/aromatic N) is 1. The van der Waals surface area contributed by atoms with Gasteiger partial charge in [-0.1, -0.05) is 40.9 Å². The molecule has 1 amide bonds. The maximum absolute atomic E-state index is 12.3. The lowest BCUT2D eigenvalue weighted by molar-refractivity contribution is -0.383. The lowest BCUT2D eigenvalue weighted by atomic mass is 10.2. The fourth-order valence-electron chi connectivity index (χ4n) is 2.31. The van der Waals surface area contributed by atoms with Crippen LogP contribution >= 0.6 is 46.1 Å². The summed E-state index contributed by atoms with van der Waals surface area (Å²) in [5.74, 6) is -1.54. The summed E-state index contributed by atoms with van der Waals surface area (Å²) in [6.07, 6.45) is 0. The zero-order valence-corrected chi connectivity index (χ0v) is 16.8. The van der Waals surface area contributed by atoms with E-state index in [1.807, 2.05) is 0 Å². The van der Waals surface area contributed by atoms with E-state index in [0.717, 1.165) is 17.4 Å². The Bertz CT molecular complexity index is 1120. The summed E-state index contributed by atoms with van der Waals surface area (Å²) in [5, 5.41) is 14.8. The van der Waals surface area contributed by atoms with Gasteiger partial charge in [0.05, 0.1) is 9.95 Å². The van der Waals surface area contributed by atoms with E-state index in [9.17, 15) is 19.7 Å². The number of nitro benzene ring substituents is 1. The first-order chi connectivity index (χ1) is 13.3. The summed E-state index contributed by atoms with van der Waals surface area (Å²) in [4.78, 5) is 34.8. The van der Waals surface area contributed by atoms with Gasteiger partial charge in [0, 0.05) is 26.2 Å². The van der Waals surface area contributed by atoms with Gasteiger partial charge in [-0.25, -0.2) is 4.79 Å². The number of nitro groups is 1. The van der Waals surface area contributed by atoms with E-state index in [1.165, 1.54) is 12.1 Å². The number of rotatable bonds is 5. The van der Waals surface area contributed by atoms with Crippen molar-refractivity contribution in [3.8, 4) is 0 Å². The van der Waals surface area contributed by atoms with Crippen LogP contribution in [0.1, 0.15) is 9.67 Å². The van der Waals surface area contributed by atoms with Crippen molar-refractivity contribution in [2.45, 2.75) is 0 Å². The third-order valence-electron chi connectivity index (χ3n) is 3.54. The minimum Gasteiger partial charge on any atom is -0.451 e. The predicted octanol–water partition coefficient (Wildman–Crippen LogP) is 5.57. The second kappa shape index (κ2) is 8.32. The highest BCUT2D eigenvalue weighted by atomic mass is 35.5. The fourth-order valence-corrected chi connectivity index (χ4v) is 4.16. The molecule has 28 heavy (non-hydrogen) atoms. The average Bonchev–Trinajstić information content (AvgIpc) is 2.97. The standard InChI is InChI=1S/C17H9Cl3N2O5S/c18-8-2-4-11(12(5-8)22(25)26)21-14(23)7-27-17(24)16-15(20)10-3-1-9(19)6-13(10)28-16/h1-6H,7H2,(H,21,23). The Morgan fingerprint density at radius 3 is 2.50 bits per heavy atom. The van der Waals surface area contributed by atoms with Crippen molar-refractivity contribution in [1.29, 1.82) is 0 Å². The highest BCUT2D eigenvalue weighted by molar-refractivity contribution is 7.21. The van der Waals surface area contributed by atoms with E-state index in [4.69, 9.17) is 39.5 Å². The highest BCUT2D eigenvalue weighted by Crippen LogP contribution is 2.37. The zero-order chi connectivity index (χ0) is 20.4. The van der Waals surface area contributed by atoms with Crippen molar-refractivity contribution in [2.75, 3.05) is 11.9 Å². The summed E-state index contributed by atoms with van der Waals surface area (Å²) in [6.45, 7) is -0.649. The smallest absolute Gasteiger partial charge is 0.350 e. The van der Waals surface area contributed by atoms with Crippen LogP contribution in [0.4, 0.5) is 11.4 Å². The molecule has 0 atom stereocenters. The number of fused-ring (bicyclic) bond motifs is 1. The Balaban J connectivity index is 1.69. The first-order valence-corrected chi connectivity index (χ1v) is 9.50. The molecule has 0 unspecified atom stereocenters. The second-order valence-electron chi connectivity index (χ2n) is 5.43. The van der Waals surface area contributed by atoms with Crippen molar-refractivity contribution < 1.29 is 19.2 Å². The Morgan fingerprint density at radius 2 is 1.79 bits per heavy atom. The second-order valence-corrected chi connectivity index (χ2v) is 7.73. The summed E-state index contributed by atoms with van der Waals surface area (Å²) >= 11 is 18.9. The van der Waals surface area contributed by atoms with Crippen molar-refractivity contribution >= 4 is 79.5 Å². The number of anilines is 1. The van der Waals surface area contributed by atoms with Gasteiger partial charge in [0.25, 0.3) is 11.6 Å². The largest absolute Gasteiger partial charge is 0.451 e. The summed E-state index contributed by atoms with van der Waals surface area (Å²) in [5.41, 5.74) is -0.443. The minimum absolute atomic E-state index is 0.0648. The number of hydrogen-bond donors (Lipinski definition) is 1. The van der Waals surface area contributed by atoms with Crippen LogP contribution in [0.15, 0.2) is 36.4 Å². The molecule has 11 heteroatoms. The molecule has 0 aliphatic carbocycles. The number of thiophene rings is 1. The van der Waals surface area contributed by atoms with Crippen LogP contribution in [0.3, 0.4) is 0 Å². The molecule has 144 valence electrons. The van der Waals surface area contributed by atoms with E-state index in [0.29, 0.717) is 15.1 Å². The van der Waals surface area contributed by atoms with Crippen molar-refractivity contribution in [3.05, 3.63) is 66.5 Å². The highest BCUT2D eigenvalue weighted by Gasteiger charge is 2.21. The number of nitrogens with one attached hydrogen (secondary N) is 1. The summed E-state index contributed by atoms with van der Waals surface area (Å²) in [6, 6.07) is 8.76. The maximum Gasteiger partial charge on any atom is 0.350 e. The molecule has 1 aromatic heterocycles. The van der Waals surface area contributed by atoms with Crippen LogP contribution in [-0.4, -0.2) is 23.4 Å². The van der Waals surface area contributed by atoms with E-state index in [2.05, 4.69) is 5.32 Å². The van der Waals surface area contributed by atoms with Crippen LogP contribution in [0.2, 0.25) is 15.1 Å².